The summed E-state index contributed by atoms with van der Waals surface area (Å²) in [5.74, 6) is -0.510. The third-order valence-electron chi connectivity index (χ3n) is 1.24. The third kappa shape index (κ3) is 2.34. The van der Waals surface area contributed by atoms with Gasteiger partial charge in [-0.05, 0) is 12.1 Å². The Morgan fingerprint density at radius 1 is 1.42 bits per heavy atom. The second-order valence-electron chi connectivity index (χ2n) is 2.06. The summed E-state index contributed by atoms with van der Waals surface area (Å²) in [6.45, 7) is -0.390. The van der Waals surface area contributed by atoms with Gasteiger partial charge in [0.15, 0.2) is 0 Å². The van der Waals surface area contributed by atoms with Gasteiger partial charge in [0.05, 0.1) is 5.56 Å². The molecule has 4 heteroatoms. The maximum absolute atomic E-state index is 11.0. The second kappa shape index (κ2) is 4.48. The van der Waals surface area contributed by atoms with Gasteiger partial charge >= 0.3 is 5.97 Å². The first-order chi connectivity index (χ1) is 5.84. The fraction of sp³-hybridized carbons (Fsp3) is 0.125. The van der Waals surface area contributed by atoms with E-state index >= 15 is 0 Å². The minimum absolute atomic E-state index is 0.390. The molecule has 0 radical (unpaired) electrons. The number of hydroxylamine groups is 1. The average Bonchev–Trinajstić information content (AvgIpc) is 2.15. The predicted molar refractivity (Wildman–Crippen MR) is 42.1 cm³/mol. The summed E-state index contributed by atoms with van der Waals surface area (Å²) in [5.41, 5.74) is 2.50. The number of aliphatic hydroxyl groups excluding tert-OH is 1. The molecular formula is C8H9NO3. The van der Waals surface area contributed by atoms with E-state index < -0.39 is 12.7 Å². The predicted octanol–water partition coefficient (Wildman–Crippen LogP) is 0.298. The second-order valence-corrected chi connectivity index (χ2v) is 2.06. The van der Waals surface area contributed by atoms with Gasteiger partial charge in [0.25, 0.3) is 0 Å². The van der Waals surface area contributed by atoms with Gasteiger partial charge in [-0.3, -0.25) is 0 Å². The summed E-state index contributed by atoms with van der Waals surface area (Å²) in [7, 11) is 0. The Morgan fingerprint density at radius 2 is 2.08 bits per heavy atom. The Kier molecular flexibility index (Phi) is 3.25. The Hall–Kier alpha value is -1.39. The quantitative estimate of drug-likeness (QED) is 0.502. The molecule has 0 aromatic heterocycles. The Labute approximate surface area is 69.7 Å². The van der Waals surface area contributed by atoms with E-state index in [0.717, 1.165) is 0 Å². The summed E-state index contributed by atoms with van der Waals surface area (Å²) in [6, 6.07) is 8.52. The number of benzene rings is 1. The number of hydrogen-bond donors (Lipinski definition) is 2. The molecule has 0 aliphatic carbocycles. The van der Waals surface area contributed by atoms with E-state index in [2.05, 4.69) is 10.3 Å². The molecule has 1 aromatic carbocycles. The fourth-order valence-electron chi connectivity index (χ4n) is 0.731. The lowest BCUT2D eigenvalue weighted by molar-refractivity contribution is 0.00470. The van der Waals surface area contributed by atoms with Gasteiger partial charge in [-0.25, -0.2) is 4.79 Å². The molecule has 0 bridgehead atoms. The smallest absolute Gasteiger partial charge is 0.356 e. The molecule has 64 valence electrons. The fourth-order valence-corrected chi connectivity index (χ4v) is 0.731. The van der Waals surface area contributed by atoms with E-state index in [4.69, 9.17) is 5.11 Å². The zero-order valence-electron chi connectivity index (χ0n) is 6.36. The highest BCUT2D eigenvalue weighted by Gasteiger charge is 2.04. The molecule has 0 unspecified atom stereocenters. The minimum atomic E-state index is -0.510. The van der Waals surface area contributed by atoms with Crippen molar-refractivity contribution in [2.75, 3.05) is 6.73 Å². The van der Waals surface area contributed by atoms with E-state index in [9.17, 15) is 4.79 Å². The van der Waals surface area contributed by atoms with Gasteiger partial charge in [0.2, 0.25) is 0 Å². The van der Waals surface area contributed by atoms with Crippen molar-refractivity contribution in [3.05, 3.63) is 35.9 Å². The van der Waals surface area contributed by atoms with Crippen LogP contribution >= 0.6 is 0 Å². The van der Waals surface area contributed by atoms with Crippen LogP contribution in [-0.4, -0.2) is 17.8 Å². The molecule has 0 heterocycles. The van der Waals surface area contributed by atoms with E-state index in [1.54, 1.807) is 30.3 Å². The summed E-state index contributed by atoms with van der Waals surface area (Å²) in [5, 5.41) is 8.27. The largest absolute Gasteiger partial charge is 0.378 e. The van der Waals surface area contributed by atoms with E-state index in [1.807, 2.05) is 0 Å². The molecule has 0 saturated heterocycles. The number of aliphatic hydroxyl groups is 1. The van der Waals surface area contributed by atoms with E-state index in [0.29, 0.717) is 5.56 Å². The molecule has 1 aromatic rings. The van der Waals surface area contributed by atoms with Crippen LogP contribution in [-0.2, 0) is 4.84 Å². The van der Waals surface area contributed by atoms with Crippen molar-refractivity contribution in [1.29, 1.82) is 0 Å². The van der Waals surface area contributed by atoms with Crippen LogP contribution in [0.5, 0.6) is 0 Å². The van der Waals surface area contributed by atoms with Gasteiger partial charge in [0, 0.05) is 0 Å². The van der Waals surface area contributed by atoms with Crippen LogP contribution in [0.2, 0.25) is 0 Å². The molecule has 4 nitrogen and oxygen atoms in total. The molecular weight excluding hydrogens is 158 g/mol. The molecule has 1 rings (SSSR count). The number of carbonyl (C=O) groups is 1. The van der Waals surface area contributed by atoms with Crippen molar-refractivity contribution in [2.45, 2.75) is 0 Å². The molecule has 0 saturated carbocycles. The molecule has 0 amide bonds. The molecule has 0 spiro atoms. The monoisotopic (exact) mass is 167 g/mol. The highest BCUT2D eigenvalue weighted by Crippen LogP contribution is 1.98. The first-order valence-electron chi connectivity index (χ1n) is 3.44. The van der Waals surface area contributed by atoms with Gasteiger partial charge < -0.3 is 9.94 Å². The lowest BCUT2D eigenvalue weighted by atomic mass is 10.2. The molecule has 0 fully saturated rings. The number of hydrogen-bond acceptors (Lipinski definition) is 4. The lowest BCUT2D eigenvalue weighted by Crippen LogP contribution is -2.20. The van der Waals surface area contributed by atoms with Crippen molar-refractivity contribution >= 4 is 5.97 Å². The van der Waals surface area contributed by atoms with E-state index in [-0.39, 0.29) is 0 Å². The Bertz CT molecular complexity index is 248. The number of nitrogens with one attached hydrogen (secondary N) is 1. The molecule has 0 aliphatic rings. The van der Waals surface area contributed by atoms with Gasteiger partial charge in [0.1, 0.15) is 6.73 Å². The van der Waals surface area contributed by atoms with Crippen LogP contribution in [0, 0.1) is 0 Å². The Morgan fingerprint density at radius 3 is 2.67 bits per heavy atom. The molecule has 0 aliphatic heterocycles. The number of carbonyl (C=O) groups excluding carboxylic acids is 1. The lowest BCUT2D eigenvalue weighted by Gasteiger charge is -2.01. The van der Waals surface area contributed by atoms with Crippen LogP contribution in [0.3, 0.4) is 0 Å². The normalized spacial score (nSPS) is 9.42. The summed E-state index contributed by atoms with van der Waals surface area (Å²) in [6.07, 6.45) is 0. The SMILES string of the molecule is O=C(ONCO)c1ccccc1. The highest BCUT2D eigenvalue weighted by atomic mass is 16.7. The molecule has 0 atom stereocenters. The minimum Gasteiger partial charge on any atom is -0.378 e. The van der Waals surface area contributed by atoms with Crippen molar-refractivity contribution in [3.8, 4) is 0 Å². The van der Waals surface area contributed by atoms with Crippen molar-refractivity contribution < 1.29 is 14.7 Å². The zero-order chi connectivity index (χ0) is 8.81. The maximum atomic E-state index is 11.0. The first-order valence-corrected chi connectivity index (χ1v) is 3.44. The van der Waals surface area contributed by atoms with Crippen LogP contribution in [0.15, 0.2) is 30.3 Å². The molecule has 12 heavy (non-hydrogen) atoms. The summed E-state index contributed by atoms with van der Waals surface area (Å²) < 4.78 is 0. The number of rotatable bonds is 3. The van der Waals surface area contributed by atoms with Crippen LogP contribution in [0.1, 0.15) is 10.4 Å². The maximum Gasteiger partial charge on any atom is 0.356 e. The van der Waals surface area contributed by atoms with Crippen LogP contribution in [0.4, 0.5) is 0 Å². The van der Waals surface area contributed by atoms with Crippen LogP contribution < -0.4 is 5.48 Å². The topological polar surface area (TPSA) is 58.6 Å². The third-order valence-corrected chi connectivity index (χ3v) is 1.24. The summed E-state index contributed by atoms with van der Waals surface area (Å²) >= 11 is 0. The van der Waals surface area contributed by atoms with Gasteiger partial charge in [-0.1, -0.05) is 18.2 Å². The Balaban J connectivity index is 2.54. The van der Waals surface area contributed by atoms with Crippen LogP contribution in [0.25, 0.3) is 0 Å². The summed E-state index contributed by atoms with van der Waals surface area (Å²) in [4.78, 5) is 15.4. The van der Waals surface area contributed by atoms with Gasteiger partial charge in [-0.2, -0.15) is 0 Å². The van der Waals surface area contributed by atoms with E-state index in [1.165, 1.54) is 0 Å². The van der Waals surface area contributed by atoms with Crippen molar-refractivity contribution in [1.82, 2.24) is 5.48 Å². The zero-order valence-corrected chi connectivity index (χ0v) is 6.36. The van der Waals surface area contributed by atoms with Crippen molar-refractivity contribution in [2.24, 2.45) is 0 Å². The highest BCUT2D eigenvalue weighted by molar-refractivity contribution is 5.89. The van der Waals surface area contributed by atoms with Crippen molar-refractivity contribution in [3.63, 3.8) is 0 Å². The standard InChI is InChI=1S/C8H9NO3/c10-6-9-12-8(11)7-4-2-1-3-5-7/h1-5,9-10H,6H2. The first kappa shape index (κ1) is 8.70. The van der Waals surface area contributed by atoms with Gasteiger partial charge in [-0.15, -0.1) is 5.48 Å². The average molecular weight is 167 g/mol. The molecule has 2 N–H and O–H groups in total.